The van der Waals surface area contributed by atoms with E-state index in [4.69, 9.17) is 4.42 Å². The van der Waals surface area contributed by atoms with E-state index in [1.54, 1.807) is 0 Å². The maximum Gasteiger partial charge on any atom is 0.276 e. The molecule has 0 N–H and O–H groups in total. The maximum absolute atomic E-state index is 12.9. The minimum Gasteiger partial charge on any atom is -0.448 e. The molecule has 0 aliphatic carbocycles. The van der Waals surface area contributed by atoms with Gasteiger partial charge in [0.2, 0.25) is 0 Å². The maximum atomic E-state index is 12.9. The number of amides is 1. The average molecular weight is 316 g/mol. The average Bonchev–Trinajstić information content (AvgIpc) is 3.06. The number of rotatable bonds is 4. The zero-order chi connectivity index (χ0) is 16.2. The predicted molar refractivity (Wildman–Crippen MR) is 84.6 cm³/mol. The van der Waals surface area contributed by atoms with Gasteiger partial charge >= 0.3 is 0 Å². The van der Waals surface area contributed by atoms with Gasteiger partial charge in [-0.3, -0.25) is 4.79 Å². The molecule has 0 atom stereocenters. The molecule has 0 saturated carbocycles. The topological polar surface area (TPSA) is 46.3 Å². The van der Waals surface area contributed by atoms with Crippen LogP contribution in [0.2, 0.25) is 0 Å². The SMILES string of the molecule is CCc1ocnc1C(=O)N1CCC(Cc2ccc(F)cc2)CC1. The van der Waals surface area contributed by atoms with Crippen LogP contribution in [0.1, 0.15) is 41.6 Å². The van der Waals surface area contributed by atoms with Gasteiger partial charge in [-0.05, 0) is 42.9 Å². The highest BCUT2D eigenvalue weighted by molar-refractivity contribution is 5.93. The molecule has 3 rings (SSSR count). The molecule has 0 radical (unpaired) electrons. The van der Waals surface area contributed by atoms with E-state index in [-0.39, 0.29) is 11.7 Å². The molecule has 1 aliphatic rings. The van der Waals surface area contributed by atoms with Crippen molar-refractivity contribution in [1.82, 2.24) is 9.88 Å². The Balaban J connectivity index is 1.56. The first-order chi connectivity index (χ1) is 11.2. The molecule has 4 nitrogen and oxygen atoms in total. The van der Waals surface area contributed by atoms with Gasteiger partial charge in [0, 0.05) is 19.5 Å². The fraction of sp³-hybridized carbons (Fsp3) is 0.444. The Morgan fingerprint density at radius 1 is 1.30 bits per heavy atom. The van der Waals surface area contributed by atoms with Gasteiger partial charge in [-0.1, -0.05) is 19.1 Å². The van der Waals surface area contributed by atoms with Gasteiger partial charge in [-0.15, -0.1) is 0 Å². The minimum atomic E-state index is -0.200. The standard InChI is InChI=1S/C18H21FN2O2/c1-2-16-17(20-12-23-16)18(22)21-9-7-14(8-10-21)11-13-3-5-15(19)6-4-13/h3-6,12,14H,2,7-11H2,1H3. The number of likely N-dealkylation sites (tertiary alicyclic amines) is 1. The van der Waals surface area contributed by atoms with Crippen LogP contribution in [0.4, 0.5) is 4.39 Å². The van der Waals surface area contributed by atoms with Crippen LogP contribution in [-0.4, -0.2) is 28.9 Å². The van der Waals surface area contributed by atoms with E-state index in [0.29, 0.717) is 23.8 Å². The number of aryl methyl sites for hydroxylation is 1. The summed E-state index contributed by atoms with van der Waals surface area (Å²) in [6.45, 7) is 3.42. The monoisotopic (exact) mass is 316 g/mol. The van der Waals surface area contributed by atoms with Gasteiger partial charge in [0.1, 0.15) is 11.6 Å². The van der Waals surface area contributed by atoms with Crippen molar-refractivity contribution >= 4 is 5.91 Å². The van der Waals surface area contributed by atoms with Crippen LogP contribution in [0, 0.1) is 11.7 Å². The molecule has 1 aromatic carbocycles. The Morgan fingerprint density at radius 2 is 2.00 bits per heavy atom. The number of piperidine rings is 1. The normalized spacial score (nSPS) is 15.8. The van der Waals surface area contributed by atoms with E-state index >= 15 is 0 Å². The van der Waals surface area contributed by atoms with Gasteiger partial charge in [-0.2, -0.15) is 0 Å². The van der Waals surface area contributed by atoms with Crippen LogP contribution < -0.4 is 0 Å². The first kappa shape index (κ1) is 15.7. The van der Waals surface area contributed by atoms with Crippen LogP contribution in [0.15, 0.2) is 35.1 Å². The summed E-state index contributed by atoms with van der Waals surface area (Å²) in [5.41, 5.74) is 1.60. The Hall–Kier alpha value is -2.17. The summed E-state index contributed by atoms with van der Waals surface area (Å²) in [7, 11) is 0. The molecular formula is C18H21FN2O2. The van der Waals surface area contributed by atoms with Crippen LogP contribution >= 0.6 is 0 Å². The third kappa shape index (κ3) is 3.60. The molecule has 2 heterocycles. The van der Waals surface area contributed by atoms with Crippen LogP contribution in [0.5, 0.6) is 0 Å². The number of halogens is 1. The second-order valence-corrected chi connectivity index (χ2v) is 6.04. The number of carbonyl (C=O) groups is 1. The van der Waals surface area contributed by atoms with Crippen LogP contribution in [0.3, 0.4) is 0 Å². The lowest BCUT2D eigenvalue weighted by molar-refractivity contribution is 0.0683. The first-order valence-corrected chi connectivity index (χ1v) is 8.13. The first-order valence-electron chi connectivity index (χ1n) is 8.13. The number of hydrogen-bond donors (Lipinski definition) is 0. The van der Waals surface area contributed by atoms with Crippen molar-refractivity contribution in [1.29, 1.82) is 0 Å². The lowest BCUT2D eigenvalue weighted by Gasteiger charge is -2.31. The number of aromatic nitrogens is 1. The molecule has 122 valence electrons. The Morgan fingerprint density at radius 3 is 2.65 bits per heavy atom. The summed E-state index contributed by atoms with van der Waals surface area (Å²) in [6, 6.07) is 6.70. The zero-order valence-corrected chi connectivity index (χ0v) is 13.3. The van der Waals surface area contributed by atoms with E-state index in [0.717, 1.165) is 37.9 Å². The quantitative estimate of drug-likeness (QED) is 0.867. The number of nitrogens with zero attached hydrogens (tertiary/aromatic N) is 2. The predicted octanol–water partition coefficient (Wildman–Crippen LogP) is 3.47. The molecule has 0 unspecified atom stereocenters. The van der Waals surface area contributed by atoms with Crippen molar-refractivity contribution in [3.05, 3.63) is 53.5 Å². The Bertz CT molecular complexity index is 658. The zero-order valence-electron chi connectivity index (χ0n) is 13.3. The molecule has 1 aliphatic heterocycles. The van der Waals surface area contributed by atoms with E-state index in [1.165, 1.54) is 18.5 Å². The lowest BCUT2D eigenvalue weighted by atomic mass is 9.90. The largest absolute Gasteiger partial charge is 0.448 e. The van der Waals surface area contributed by atoms with Crippen molar-refractivity contribution in [2.24, 2.45) is 5.92 Å². The van der Waals surface area contributed by atoms with E-state index < -0.39 is 0 Å². The van der Waals surface area contributed by atoms with Crippen molar-refractivity contribution < 1.29 is 13.6 Å². The van der Waals surface area contributed by atoms with Gasteiger partial charge in [0.15, 0.2) is 12.1 Å². The highest BCUT2D eigenvalue weighted by Gasteiger charge is 2.26. The third-order valence-electron chi connectivity index (χ3n) is 4.50. The van der Waals surface area contributed by atoms with E-state index in [1.807, 2.05) is 24.0 Å². The molecule has 2 aromatic rings. The van der Waals surface area contributed by atoms with Crippen LogP contribution in [0.25, 0.3) is 0 Å². The number of hydrogen-bond acceptors (Lipinski definition) is 3. The van der Waals surface area contributed by atoms with Crippen molar-refractivity contribution in [3.8, 4) is 0 Å². The molecule has 23 heavy (non-hydrogen) atoms. The van der Waals surface area contributed by atoms with Gasteiger partial charge < -0.3 is 9.32 Å². The summed E-state index contributed by atoms with van der Waals surface area (Å²) in [4.78, 5) is 18.4. The second kappa shape index (κ2) is 6.94. The third-order valence-corrected chi connectivity index (χ3v) is 4.50. The fourth-order valence-electron chi connectivity index (χ4n) is 3.14. The molecule has 1 fully saturated rings. The lowest BCUT2D eigenvalue weighted by Crippen LogP contribution is -2.39. The smallest absolute Gasteiger partial charge is 0.276 e. The number of benzene rings is 1. The van der Waals surface area contributed by atoms with Gasteiger partial charge in [0.25, 0.3) is 5.91 Å². The van der Waals surface area contributed by atoms with Crippen LogP contribution in [-0.2, 0) is 12.8 Å². The van der Waals surface area contributed by atoms with E-state index in [9.17, 15) is 9.18 Å². The summed E-state index contributed by atoms with van der Waals surface area (Å²) in [5.74, 6) is 0.959. The summed E-state index contributed by atoms with van der Waals surface area (Å²) < 4.78 is 18.2. The molecule has 0 spiro atoms. The highest BCUT2D eigenvalue weighted by Crippen LogP contribution is 2.23. The molecule has 1 aromatic heterocycles. The van der Waals surface area contributed by atoms with Crippen molar-refractivity contribution in [2.75, 3.05) is 13.1 Å². The van der Waals surface area contributed by atoms with Crippen molar-refractivity contribution in [3.63, 3.8) is 0 Å². The summed E-state index contributed by atoms with van der Waals surface area (Å²) >= 11 is 0. The molecule has 0 bridgehead atoms. The van der Waals surface area contributed by atoms with Gasteiger partial charge in [-0.25, -0.2) is 9.37 Å². The van der Waals surface area contributed by atoms with Crippen molar-refractivity contribution in [2.45, 2.75) is 32.6 Å². The second-order valence-electron chi connectivity index (χ2n) is 6.04. The Kier molecular flexibility index (Phi) is 4.74. The summed E-state index contributed by atoms with van der Waals surface area (Å²) in [6.07, 6.45) is 4.87. The highest BCUT2D eigenvalue weighted by atomic mass is 19.1. The molecule has 1 saturated heterocycles. The number of carbonyl (C=O) groups excluding carboxylic acids is 1. The van der Waals surface area contributed by atoms with Gasteiger partial charge in [0.05, 0.1) is 0 Å². The Labute approximate surface area is 135 Å². The molecule has 5 heteroatoms. The fourth-order valence-corrected chi connectivity index (χ4v) is 3.14. The summed E-state index contributed by atoms with van der Waals surface area (Å²) in [5, 5.41) is 0. The number of oxazole rings is 1. The van der Waals surface area contributed by atoms with E-state index in [2.05, 4.69) is 4.98 Å². The molecule has 1 amide bonds. The minimum absolute atomic E-state index is 0.0316. The molecular weight excluding hydrogens is 295 g/mol.